The molecule has 0 aliphatic rings. The molecule has 6 nitrogen and oxygen atoms in total. The van der Waals surface area contributed by atoms with Gasteiger partial charge in [0.15, 0.2) is 5.82 Å². The van der Waals surface area contributed by atoms with Crippen LogP contribution in [0.4, 0.5) is 5.69 Å². The summed E-state index contributed by atoms with van der Waals surface area (Å²) in [7, 11) is 1.48. The van der Waals surface area contributed by atoms with Crippen LogP contribution < -0.4 is 10.1 Å². The van der Waals surface area contributed by atoms with Gasteiger partial charge in [-0.05, 0) is 24.3 Å². The molecule has 1 N–H and O–H groups in total. The van der Waals surface area contributed by atoms with Crippen molar-refractivity contribution in [3.05, 3.63) is 63.5 Å². The Morgan fingerprint density at radius 1 is 1.16 bits per heavy atom. The number of nitrogens with zero attached hydrogens (tertiary/aromatic N) is 3. The number of carbonyl (C=O) groups excluding carboxylic acids is 1. The van der Waals surface area contributed by atoms with E-state index >= 15 is 0 Å². The number of methoxy groups -OCH3 is 1. The Hall–Kier alpha value is -2.28. The number of pyridine rings is 1. The molecule has 0 spiro atoms. The van der Waals surface area contributed by atoms with Crippen LogP contribution in [0.25, 0.3) is 5.82 Å². The Morgan fingerprint density at radius 3 is 2.68 bits per heavy atom. The maximum absolute atomic E-state index is 12.3. The van der Waals surface area contributed by atoms with Crippen LogP contribution in [0, 0.1) is 0 Å². The second-order valence-corrected chi connectivity index (χ2v) is 6.19. The van der Waals surface area contributed by atoms with Gasteiger partial charge in [-0.2, -0.15) is 5.10 Å². The number of aromatic nitrogens is 3. The minimum atomic E-state index is -0.329. The molecule has 0 bridgehead atoms. The quantitative estimate of drug-likeness (QED) is 0.704. The van der Waals surface area contributed by atoms with E-state index in [1.165, 1.54) is 24.2 Å². The summed E-state index contributed by atoms with van der Waals surface area (Å²) in [6.07, 6.45) is 4.54. The average molecular weight is 398 g/mol. The average Bonchev–Trinajstić information content (AvgIpc) is 3.03. The Morgan fingerprint density at radius 2 is 1.96 bits per heavy atom. The molecule has 0 unspecified atom stereocenters. The molecule has 0 atom stereocenters. The molecule has 2 heterocycles. The fraction of sp³-hybridized carbons (Fsp3) is 0.0625. The highest BCUT2D eigenvalue weighted by atomic mass is 35.5. The van der Waals surface area contributed by atoms with Crippen LogP contribution in [-0.2, 0) is 0 Å². The van der Waals surface area contributed by atoms with Gasteiger partial charge in [0.1, 0.15) is 5.75 Å². The van der Waals surface area contributed by atoms with Gasteiger partial charge in [-0.25, -0.2) is 9.67 Å². The second kappa shape index (κ2) is 7.31. The normalized spacial score (nSPS) is 10.6. The lowest BCUT2D eigenvalue weighted by molar-refractivity contribution is 0.102. The van der Waals surface area contributed by atoms with Crippen molar-refractivity contribution in [2.75, 3.05) is 12.4 Å². The molecule has 9 heteroatoms. The Balaban J connectivity index is 1.80. The molecule has 25 heavy (non-hydrogen) atoms. The van der Waals surface area contributed by atoms with Crippen LogP contribution >= 0.6 is 34.8 Å². The first-order valence-corrected chi connectivity index (χ1v) is 8.12. The molecule has 0 aliphatic carbocycles. The van der Waals surface area contributed by atoms with Gasteiger partial charge in [0.05, 0.1) is 40.3 Å². The third-order valence-corrected chi connectivity index (χ3v) is 4.06. The Labute approximate surface area is 158 Å². The number of benzene rings is 1. The summed E-state index contributed by atoms with van der Waals surface area (Å²) in [5.74, 6) is 0.492. The number of hydrogen-bond acceptors (Lipinski definition) is 4. The molecule has 0 fully saturated rings. The first-order valence-electron chi connectivity index (χ1n) is 6.99. The standard InChI is InChI=1S/C16H11Cl3N4O2/c1-25-14-4-9(2-3-12(14)18)16(24)22-11-7-21-23(8-11)15-13(19)5-10(17)6-20-15/h2-8H,1H3,(H,22,24). The van der Waals surface area contributed by atoms with Crippen molar-refractivity contribution in [1.29, 1.82) is 0 Å². The highest BCUT2D eigenvalue weighted by Crippen LogP contribution is 2.26. The molecule has 0 radical (unpaired) electrons. The molecule has 128 valence electrons. The number of amides is 1. The van der Waals surface area contributed by atoms with E-state index in [0.717, 1.165) is 0 Å². The van der Waals surface area contributed by atoms with E-state index in [1.54, 1.807) is 30.5 Å². The number of ether oxygens (including phenoxy) is 1. The minimum Gasteiger partial charge on any atom is -0.495 e. The summed E-state index contributed by atoms with van der Waals surface area (Å²) in [5.41, 5.74) is 0.878. The van der Waals surface area contributed by atoms with Crippen molar-refractivity contribution in [2.24, 2.45) is 0 Å². The van der Waals surface area contributed by atoms with Crippen LogP contribution in [0.5, 0.6) is 5.75 Å². The van der Waals surface area contributed by atoms with Crippen molar-refractivity contribution in [1.82, 2.24) is 14.8 Å². The SMILES string of the molecule is COc1cc(C(=O)Nc2cnn(-c3ncc(Cl)cc3Cl)c2)ccc1Cl. The number of anilines is 1. The van der Waals surface area contributed by atoms with E-state index < -0.39 is 0 Å². The van der Waals surface area contributed by atoms with Crippen molar-refractivity contribution in [2.45, 2.75) is 0 Å². The first kappa shape index (κ1) is 17.5. The molecular weight excluding hydrogens is 387 g/mol. The molecule has 3 rings (SSSR count). The summed E-state index contributed by atoms with van der Waals surface area (Å²) < 4.78 is 6.55. The molecule has 3 aromatic rings. The highest BCUT2D eigenvalue weighted by Gasteiger charge is 2.12. The van der Waals surface area contributed by atoms with E-state index in [4.69, 9.17) is 39.5 Å². The van der Waals surface area contributed by atoms with Gasteiger partial charge in [-0.15, -0.1) is 0 Å². The van der Waals surface area contributed by atoms with Crippen LogP contribution in [0.2, 0.25) is 15.1 Å². The van der Waals surface area contributed by atoms with E-state index in [2.05, 4.69) is 15.4 Å². The third-order valence-electron chi connectivity index (χ3n) is 3.26. The number of halogens is 3. The van der Waals surface area contributed by atoms with Crippen LogP contribution in [-0.4, -0.2) is 27.8 Å². The third kappa shape index (κ3) is 3.87. The predicted molar refractivity (Wildman–Crippen MR) is 97.3 cm³/mol. The zero-order valence-electron chi connectivity index (χ0n) is 12.8. The van der Waals surface area contributed by atoms with Crippen molar-refractivity contribution in [3.8, 4) is 11.6 Å². The summed E-state index contributed by atoms with van der Waals surface area (Å²) >= 11 is 17.9. The molecule has 2 aromatic heterocycles. The van der Waals surface area contributed by atoms with Crippen molar-refractivity contribution in [3.63, 3.8) is 0 Å². The predicted octanol–water partition coefficient (Wildman–Crippen LogP) is 4.49. The summed E-state index contributed by atoms with van der Waals surface area (Å²) in [6.45, 7) is 0. The van der Waals surface area contributed by atoms with E-state index in [-0.39, 0.29) is 5.91 Å². The smallest absolute Gasteiger partial charge is 0.255 e. The molecule has 0 saturated carbocycles. The summed E-state index contributed by atoms with van der Waals surface area (Å²) in [5, 5.41) is 8.06. The Kier molecular flexibility index (Phi) is 5.13. The molecule has 1 amide bonds. The van der Waals surface area contributed by atoms with Gasteiger partial charge in [0.25, 0.3) is 5.91 Å². The van der Waals surface area contributed by atoms with Gasteiger partial charge < -0.3 is 10.1 Å². The minimum absolute atomic E-state index is 0.329. The largest absolute Gasteiger partial charge is 0.495 e. The van der Waals surface area contributed by atoms with Gasteiger partial charge in [-0.3, -0.25) is 4.79 Å². The fourth-order valence-electron chi connectivity index (χ4n) is 2.08. The van der Waals surface area contributed by atoms with Crippen LogP contribution in [0.15, 0.2) is 42.9 Å². The lowest BCUT2D eigenvalue weighted by Gasteiger charge is -2.06. The molecular formula is C16H11Cl3N4O2. The van der Waals surface area contributed by atoms with E-state index in [0.29, 0.717) is 37.9 Å². The number of rotatable bonds is 4. The summed E-state index contributed by atoms with van der Waals surface area (Å²) in [4.78, 5) is 16.5. The Bertz CT molecular complexity index is 943. The topological polar surface area (TPSA) is 69.0 Å². The molecule has 0 saturated heterocycles. The lowest BCUT2D eigenvalue weighted by Crippen LogP contribution is -2.11. The lowest BCUT2D eigenvalue weighted by atomic mass is 10.2. The second-order valence-electron chi connectivity index (χ2n) is 4.94. The van der Waals surface area contributed by atoms with Crippen LogP contribution in [0.3, 0.4) is 0 Å². The number of nitrogens with one attached hydrogen (secondary N) is 1. The van der Waals surface area contributed by atoms with Crippen LogP contribution in [0.1, 0.15) is 10.4 Å². The van der Waals surface area contributed by atoms with E-state index in [9.17, 15) is 4.79 Å². The van der Waals surface area contributed by atoms with E-state index in [1.807, 2.05) is 0 Å². The molecule has 0 aliphatic heterocycles. The molecule has 1 aromatic carbocycles. The van der Waals surface area contributed by atoms with Gasteiger partial charge in [-0.1, -0.05) is 34.8 Å². The van der Waals surface area contributed by atoms with Gasteiger partial charge in [0.2, 0.25) is 0 Å². The monoisotopic (exact) mass is 396 g/mol. The maximum atomic E-state index is 12.3. The number of hydrogen-bond donors (Lipinski definition) is 1. The highest BCUT2D eigenvalue weighted by molar-refractivity contribution is 6.35. The maximum Gasteiger partial charge on any atom is 0.255 e. The fourth-order valence-corrected chi connectivity index (χ4v) is 2.74. The zero-order chi connectivity index (χ0) is 18.0. The summed E-state index contributed by atoms with van der Waals surface area (Å²) in [6, 6.07) is 6.31. The van der Waals surface area contributed by atoms with Gasteiger partial charge >= 0.3 is 0 Å². The first-order chi connectivity index (χ1) is 12.0. The van der Waals surface area contributed by atoms with Gasteiger partial charge in [0, 0.05) is 11.8 Å². The van der Waals surface area contributed by atoms with Crippen molar-refractivity contribution >= 4 is 46.4 Å². The number of carbonyl (C=O) groups is 1. The zero-order valence-corrected chi connectivity index (χ0v) is 15.1. The van der Waals surface area contributed by atoms with Crippen molar-refractivity contribution < 1.29 is 9.53 Å².